The number of carbonyl (C=O) groups is 2. The largest absolute Gasteiger partial charge is 0.496 e. The number of rotatable bonds is 2. The van der Waals surface area contributed by atoms with Gasteiger partial charge in [0, 0.05) is 11.1 Å². The van der Waals surface area contributed by atoms with Crippen LogP contribution >= 0.6 is 0 Å². The van der Waals surface area contributed by atoms with Gasteiger partial charge in [0.2, 0.25) is 0 Å². The lowest BCUT2D eigenvalue weighted by Gasteiger charge is -2.20. The third-order valence-electron chi connectivity index (χ3n) is 3.44. The number of hydrogen-bond donors (Lipinski definition) is 0. The summed E-state index contributed by atoms with van der Waals surface area (Å²) in [6.45, 7) is 0. The van der Waals surface area contributed by atoms with E-state index in [-0.39, 0.29) is 11.6 Å². The van der Waals surface area contributed by atoms with Crippen LogP contribution in [0.3, 0.4) is 0 Å². The highest BCUT2D eigenvalue weighted by molar-refractivity contribution is 6.30. The number of methoxy groups -OCH3 is 2. The van der Waals surface area contributed by atoms with E-state index in [0.29, 0.717) is 33.8 Å². The molecule has 2 aromatic rings. The molecule has 20 heavy (non-hydrogen) atoms. The first-order chi connectivity index (χ1) is 9.69. The van der Waals surface area contributed by atoms with Crippen LogP contribution in [0.15, 0.2) is 36.4 Å². The molecule has 0 saturated heterocycles. The van der Waals surface area contributed by atoms with Crippen molar-refractivity contribution in [3.63, 3.8) is 0 Å². The molecule has 0 fully saturated rings. The summed E-state index contributed by atoms with van der Waals surface area (Å²) in [7, 11) is 2.96. The van der Waals surface area contributed by atoms with Gasteiger partial charge >= 0.3 is 0 Å². The molecule has 0 aromatic heterocycles. The molecule has 0 unspecified atom stereocenters. The fourth-order valence-corrected chi connectivity index (χ4v) is 2.52. The number of ketones is 2. The molecule has 4 heteroatoms. The van der Waals surface area contributed by atoms with Crippen molar-refractivity contribution in [2.24, 2.45) is 0 Å². The second-order valence-electron chi connectivity index (χ2n) is 4.42. The predicted octanol–water partition coefficient (Wildman–Crippen LogP) is 2.48. The molecule has 4 nitrogen and oxygen atoms in total. The van der Waals surface area contributed by atoms with E-state index in [1.807, 2.05) is 0 Å². The van der Waals surface area contributed by atoms with Gasteiger partial charge in [-0.25, -0.2) is 0 Å². The van der Waals surface area contributed by atoms with Crippen molar-refractivity contribution >= 4 is 11.6 Å². The van der Waals surface area contributed by atoms with E-state index >= 15 is 0 Å². The van der Waals surface area contributed by atoms with Crippen LogP contribution < -0.4 is 9.47 Å². The average Bonchev–Trinajstić information content (AvgIpc) is 2.50. The minimum atomic E-state index is -0.217. The van der Waals surface area contributed by atoms with Gasteiger partial charge in [-0.1, -0.05) is 24.3 Å². The lowest BCUT2D eigenvalue weighted by molar-refractivity contribution is 0.0974. The second-order valence-corrected chi connectivity index (χ2v) is 4.42. The topological polar surface area (TPSA) is 52.6 Å². The third-order valence-corrected chi connectivity index (χ3v) is 3.44. The minimum absolute atomic E-state index is 0.217. The summed E-state index contributed by atoms with van der Waals surface area (Å²) in [5.41, 5.74) is 1.35. The van der Waals surface area contributed by atoms with Crippen molar-refractivity contribution in [1.29, 1.82) is 0 Å². The molecule has 0 aliphatic heterocycles. The molecule has 1 aliphatic rings. The molecule has 0 heterocycles. The fraction of sp³-hybridized carbons (Fsp3) is 0.125. The maximum atomic E-state index is 12.6. The molecule has 1 aliphatic carbocycles. The minimum Gasteiger partial charge on any atom is -0.496 e. The van der Waals surface area contributed by atoms with Gasteiger partial charge in [-0.2, -0.15) is 0 Å². The second kappa shape index (κ2) is 4.49. The van der Waals surface area contributed by atoms with E-state index in [9.17, 15) is 9.59 Å². The molecule has 0 radical (unpaired) electrons. The molecule has 0 bridgehead atoms. The standard InChI is InChI=1S/C16H12O4/c1-19-11-7-3-5-9-13(11)15(17)10-6-4-8-12(20-2)14(10)16(9)18/h3-8H,1-2H3. The van der Waals surface area contributed by atoms with Crippen LogP contribution in [0.25, 0.3) is 0 Å². The molecule has 0 spiro atoms. The Hall–Kier alpha value is -2.62. The number of ether oxygens (including phenoxy) is 2. The Morgan fingerprint density at radius 3 is 1.45 bits per heavy atom. The molecule has 100 valence electrons. The summed E-state index contributed by atoms with van der Waals surface area (Å²) in [4.78, 5) is 25.2. The highest BCUT2D eigenvalue weighted by Crippen LogP contribution is 2.36. The van der Waals surface area contributed by atoms with Crippen molar-refractivity contribution in [2.75, 3.05) is 14.2 Å². The quantitative estimate of drug-likeness (QED) is 0.716. The summed E-state index contributed by atoms with van der Waals surface area (Å²) in [6.07, 6.45) is 0. The Kier molecular flexibility index (Phi) is 2.79. The molecule has 3 rings (SSSR count). The first-order valence-electron chi connectivity index (χ1n) is 6.12. The molecule has 0 atom stereocenters. The van der Waals surface area contributed by atoms with Gasteiger partial charge < -0.3 is 9.47 Å². The maximum Gasteiger partial charge on any atom is 0.198 e. The highest BCUT2D eigenvalue weighted by atomic mass is 16.5. The summed E-state index contributed by atoms with van der Waals surface area (Å²) in [5.74, 6) is 0.389. The smallest absolute Gasteiger partial charge is 0.198 e. The summed E-state index contributed by atoms with van der Waals surface area (Å²) >= 11 is 0. The number of hydrogen-bond acceptors (Lipinski definition) is 4. The third kappa shape index (κ3) is 1.54. The van der Waals surface area contributed by atoms with E-state index in [4.69, 9.17) is 9.47 Å². The van der Waals surface area contributed by atoms with Crippen LogP contribution in [0.4, 0.5) is 0 Å². The van der Waals surface area contributed by atoms with Gasteiger partial charge in [-0.15, -0.1) is 0 Å². The van der Waals surface area contributed by atoms with Crippen LogP contribution in [0, 0.1) is 0 Å². The van der Waals surface area contributed by atoms with Crippen molar-refractivity contribution in [3.8, 4) is 11.5 Å². The lowest BCUT2D eigenvalue weighted by Crippen LogP contribution is -2.22. The van der Waals surface area contributed by atoms with Crippen LogP contribution in [-0.4, -0.2) is 25.8 Å². The monoisotopic (exact) mass is 268 g/mol. The van der Waals surface area contributed by atoms with E-state index in [1.54, 1.807) is 36.4 Å². The normalized spacial score (nSPS) is 12.7. The zero-order valence-electron chi connectivity index (χ0n) is 11.1. The van der Waals surface area contributed by atoms with E-state index in [2.05, 4.69) is 0 Å². The van der Waals surface area contributed by atoms with Gasteiger partial charge in [0.15, 0.2) is 11.6 Å². The van der Waals surface area contributed by atoms with Crippen LogP contribution in [0.5, 0.6) is 11.5 Å². The lowest BCUT2D eigenvalue weighted by atomic mass is 9.83. The molecular weight excluding hydrogens is 256 g/mol. The van der Waals surface area contributed by atoms with E-state index < -0.39 is 0 Å². The Bertz CT molecular complexity index is 668. The number of benzene rings is 2. The van der Waals surface area contributed by atoms with Gasteiger partial charge in [0.1, 0.15) is 11.5 Å². The number of carbonyl (C=O) groups excluding carboxylic acids is 2. The number of fused-ring (bicyclic) bond motifs is 2. The van der Waals surface area contributed by atoms with Gasteiger partial charge in [-0.05, 0) is 12.1 Å². The Balaban J connectivity index is 2.34. The van der Waals surface area contributed by atoms with Crippen LogP contribution in [-0.2, 0) is 0 Å². The van der Waals surface area contributed by atoms with Crippen molar-refractivity contribution < 1.29 is 19.1 Å². The molecule has 0 saturated carbocycles. The Morgan fingerprint density at radius 2 is 1.10 bits per heavy atom. The molecule has 0 amide bonds. The predicted molar refractivity (Wildman–Crippen MR) is 72.9 cm³/mol. The Labute approximate surface area is 115 Å². The zero-order chi connectivity index (χ0) is 14.3. The summed E-state index contributed by atoms with van der Waals surface area (Å²) in [5, 5.41) is 0. The van der Waals surface area contributed by atoms with Crippen LogP contribution in [0.2, 0.25) is 0 Å². The van der Waals surface area contributed by atoms with Gasteiger partial charge in [0.25, 0.3) is 0 Å². The first kappa shape index (κ1) is 12.4. The fourth-order valence-electron chi connectivity index (χ4n) is 2.52. The van der Waals surface area contributed by atoms with Gasteiger partial charge in [0.05, 0.1) is 25.3 Å². The van der Waals surface area contributed by atoms with Crippen molar-refractivity contribution in [3.05, 3.63) is 58.7 Å². The van der Waals surface area contributed by atoms with Crippen LogP contribution in [0.1, 0.15) is 31.8 Å². The van der Waals surface area contributed by atoms with Crippen molar-refractivity contribution in [2.45, 2.75) is 0 Å². The molecule has 2 aromatic carbocycles. The maximum absolute atomic E-state index is 12.6. The summed E-state index contributed by atoms with van der Waals surface area (Å²) < 4.78 is 10.4. The Morgan fingerprint density at radius 1 is 0.700 bits per heavy atom. The van der Waals surface area contributed by atoms with E-state index in [1.165, 1.54) is 14.2 Å². The molecule has 0 N–H and O–H groups in total. The zero-order valence-corrected chi connectivity index (χ0v) is 11.1. The molecular formula is C16H12O4. The summed E-state index contributed by atoms with van der Waals surface area (Å²) in [6, 6.07) is 10.0. The average molecular weight is 268 g/mol. The first-order valence-corrected chi connectivity index (χ1v) is 6.12. The van der Waals surface area contributed by atoms with Gasteiger partial charge in [-0.3, -0.25) is 9.59 Å². The SMILES string of the molecule is COc1cccc2c1C(=O)c1cccc(OC)c1C2=O. The van der Waals surface area contributed by atoms with Crippen molar-refractivity contribution in [1.82, 2.24) is 0 Å². The highest BCUT2D eigenvalue weighted by Gasteiger charge is 2.34. The van der Waals surface area contributed by atoms with E-state index in [0.717, 1.165) is 0 Å².